The number of methoxy groups -OCH3 is 1. The second kappa shape index (κ2) is 9.69. The Balaban J connectivity index is 1.47. The van der Waals surface area contributed by atoms with Crippen molar-refractivity contribution in [2.45, 2.75) is 44.4 Å². The van der Waals surface area contributed by atoms with Crippen LogP contribution >= 0.6 is 0 Å². The summed E-state index contributed by atoms with van der Waals surface area (Å²) in [4.78, 5) is 16.4. The molecule has 1 fully saturated rings. The second-order valence-corrected chi connectivity index (χ2v) is 8.78. The van der Waals surface area contributed by atoms with Gasteiger partial charge in [0.2, 0.25) is 0 Å². The van der Waals surface area contributed by atoms with Crippen LogP contribution in [0.3, 0.4) is 0 Å². The summed E-state index contributed by atoms with van der Waals surface area (Å²) >= 11 is 0. The Morgan fingerprint density at radius 3 is 2.41 bits per heavy atom. The molecule has 34 heavy (non-hydrogen) atoms. The largest absolute Gasteiger partial charge is 0.489 e. The first-order valence-corrected chi connectivity index (χ1v) is 11.7. The highest BCUT2D eigenvalue weighted by Crippen LogP contribution is 2.37. The molecular formula is C28H28N2O4. The van der Waals surface area contributed by atoms with E-state index in [0.717, 1.165) is 53.9 Å². The van der Waals surface area contributed by atoms with Gasteiger partial charge in [0.05, 0.1) is 22.7 Å². The van der Waals surface area contributed by atoms with Crippen LogP contribution in [0.2, 0.25) is 0 Å². The number of aromatic nitrogens is 2. The van der Waals surface area contributed by atoms with Crippen molar-refractivity contribution in [1.29, 1.82) is 0 Å². The van der Waals surface area contributed by atoms with Gasteiger partial charge in [0.25, 0.3) is 0 Å². The first-order chi connectivity index (χ1) is 16.6. The van der Waals surface area contributed by atoms with E-state index in [1.807, 2.05) is 60.7 Å². The maximum atomic E-state index is 11.5. The van der Waals surface area contributed by atoms with Gasteiger partial charge < -0.3 is 19.1 Å². The number of hydrogen-bond donors (Lipinski definition) is 1. The Hall–Kier alpha value is -3.64. The number of carboxylic acids is 1. The number of imidazole rings is 1. The molecule has 0 aliphatic heterocycles. The minimum Gasteiger partial charge on any atom is -0.489 e. The summed E-state index contributed by atoms with van der Waals surface area (Å²) in [5.41, 5.74) is 4.01. The Labute approximate surface area is 198 Å². The number of ether oxygens (including phenoxy) is 2. The van der Waals surface area contributed by atoms with Gasteiger partial charge in [0, 0.05) is 18.7 Å². The average molecular weight is 457 g/mol. The molecule has 1 aliphatic rings. The molecule has 6 heteroatoms. The lowest BCUT2D eigenvalue weighted by Crippen LogP contribution is -2.23. The molecule has 0 amide bonds. The Kier molecular flexibility index (Phi) is 6.32. The number of fused-ring (bicyclic) bond motifs is 1. The van der Waals surface area contributed by atoms with Gasteiger partial charge in [-0.3, -0.25) is 0 Å². The molecule has 4 aromatic rings. The zero-order valence-corrected chi connectivity index (χ0v) is 19.2. The fourth-order valence-electron chi connectivity index (χ4n) is 4.79. The molecule has 0 bridgehead atoms. The van der Waals surface area contributed by atoms with E-state index in [2.05, 4.69) is 4.57 Å². The van der Waals surface area contributed by atoms with Crippen molar-refractivity contribution in [3.05, 3.63) is 83.9 Å². The summed E-state index contributed by atoms with van der Waals surface area (Å²) in [5, 5.41) is 9.44. The van der Waals surface area contributed by atoms with E-state index in [-0.39, 0.29) is 11.6 Å². The molecule has 1 saturated carbocycles. The first kappa shape index (κ1) is 22.2. The summed E-state index contributed by atoms with van der Waals surface area (Å²) in [5.74, 6) is 0.704. The van der Waals surface area contributed by atoms with Crippen LogP contribution < -0.4 is 4.74 Å². The molecule has 1 aromatic heterocycles. The number of aromatic carboxylic acids is 1. The van der Waals surface area contributed by atoms with Crippen LogP contribution in [0, 0.1) is 0 Å². The van der Waals surface area contributed by atoms with E-state index in [4.69, 9.17) is 14.5 Å². The van der Waals surface area contributed by atoms with Crippen LogP contribution in [-0.4, -0.2) is 33.8 Å². The van der Waals surface area contributed by atoms with Gasteiger partial charge in [-0.15, -0.1) is 0 Å². The lowest BCUT2D eigenvalue weighted by atomic mass is 9.92. The molecule has 0 atom stereocenters. The van der Waals surface area contributed by atoms with Gasteiger partial charge in [0.1, 0.15) is 18.2 Å². The number of rotatable bonds is 7. The Bertz CT molecular complexity index is 1270. The van der Waals surface area contributed by atoms with E-state index >= 15 is 0 Å². The fourth-order valence-corrected chi connectivity index (χ4v) is 4.79. The average Bonchev–Trinajstić information content (AvgIpc) is 3.27. The van der Waals surface area contributed by atoms with Crippen LogP contribution in [0.1, 0.15) is 47.6 Å². The van der Waals surface area contributed by atoms with Crippen molar-refractivity contribution >= 4 is 17.0 Å². The maximum Gasteiger partial charge on any atom is 0.335 e. The minimum atomic E-state index is -0.946. The molecular weight excluding hydrogens is 428 g/mol. The van der Waals surface area contributed by atoms with E-state index < -0.39 is 5.97 Å². The zero-order valence-electron chi connectivity index (χ0n) is 19.2. The van der Waals surface area contributed by atoms with E-state index in [1.165, 1.54) is 0 Å². The van der Waals surface area contributed by atoms with Crippen molar-refractivity contribution in [2.75, 3.05) is 7.11 Å². The van der Waals surface area contributed by atoms with Crippen LogP contribution in [0.4, 0.5) is 0 Å². The number of benzene rings is 3. The minimum absolute atomic E-state index is 0.247. The van der Waals surface area contributed by atoms with Crippen molar-refractivity contribution in [1.82, 2.24) is 9.55 Å². The quantitative estimate of drug-likeness (QED) is 0.363. The van der Waals surface area contributed by atoms with Gasteiger partial charge in [-0.1, -0.05) is 30.3 Å². The number of carbonyl (C=O) groups is 1. The Morgan fingerprint density at radius 2 is 1.74 bits per heavy atom. The predicted molar refractivity (Wildman–Crippen MR) is 131 cm³/mol. The number of hydrogen-bond acceptors (Lipinski definition) is 4. The molecule has 174 valence electrons. The predicted octanol–water partition coefficient (Wildman–Crippen LogP) is 6.11. The third kappa shape index (κ3) is 4.54. The first-order valence-electron chi connectivity index (χ1n) is 11.7. The number of nitrogens with zero attached hydrogens (tertiary/aromatic N) is 2. The van der Waals surface area contributed by atoms with Crippen molar-refractivity contribution in [3.8, 4) is 17.1 Å². The molecule has 1 heterocycles. The summed E-state index contributed by atoms with van der Waals surface area (Å²) in [6, 6.07) is 23.6. The second-order valence-electron chi connectivity index (χ2n) is 8.78. The lowest BCUT2D eigenvalue weighted by molar-refractivity contribution is 0.0591. The van der Waals surface area contributed by atoms with Gasteiger partial charge in [-0.2, -0.15) is 0 Å². The lowest BCUT2D eigenvalue weighted by Gasteiger charge is -2.30. The molecule has 0 radical (unpaired) electrons. The summed E-state index contributed by atoms with van der Waals surface area (Å²) in [6.07, 6.45) is 4.29. The fraction of sp³-hybridized carbons (Fsp3) is 0.286. The van der Waals surface area contributed by atoms with E-state index in [0.29, 0.717) is 18.2 Å². The Morgan fingerprint density at radius 1 is 1.00 bits per heavy atom. The van der Waals surface area contributed by atoms with E-state index in [9.17, 15) is 9.90 Å². The monoisotopic (exact) mass is 456 g/mol. The van der Waals surface area contributed by atoms with Crippen LogP contribution in [0.25, 0.3) is 22.4 Å². The smallest absolute Gasteiger partial charge is 0.335 e. The van der Waals surface area contributed by atoms with Gasteiger partial charge in [0.15, 0.2) is 0 Å². The van der Waals surface area contributed by atoms with Crippen molar-refractivity contribution < 1.29 is 19.4 Å². The van der Waals surface area contributed by atoms with Gasteiger partial charge in [-0.05, 0) is 73.7 Å². The van der Waals surface area contributed by atoms with Crippen molar-refractivity contribution in [2.24, 2.45) is 0 Å². The highest BCUT2D eigenvalue weighted by Gasteiger charge is 2.26. The maximum absolute atomic E-state index is 11.5. The molecule has 0 unspecified atom stereocenters. The number of carboxylic acid groups (broad SMARTS) is 1. The normalized spacial score (nSPS) is 18.1. The zero-order chi connectivity index (χ0) is 23.5. The molecule has 0 spiro atoms. The summed E-state index contributed by atoms with van der Waals surface area (Å²) < 4.78 is 13.8. The standard InChI is InChI=1S/C28H28N2O4/c1-33-23-14-10-22(11-15-23)30-26-16-9-21(28(31)32)17-25(26)29-27(30)20-7-12-24(13-8-20)34-18-19-5-3-2-4-6-19/h2-9,12-13,16-17,22-23H,10-11,14-15,18H2,1H3,(H,31,32). The highest BCUT2D eigenvalue weighted by molar-refractivity contribution is 5.93. The molecule has 0 saturated heterocycles. The summed E-state index contributed by atoms with van der Waals surface area (Å²) in [7, 11) is 1.78. The van der Waals surface area contributed by atoms with E-state index in [1.54, 1.807) is 19.2 Å². The SMILES string of the molecule is COC1CCC(n2c(-c3ccc(OCc4ccccc4)cc3)nc3cc(C(=O)O)ccc32)CC1. The third-order valence-corrected chi connectivity index (χ3v) is 6.64. The summed E-state index contributed by atoms with van der Waals surface area (Å²) in [6.45, 7) is 0.513. The van der Waals surface area contributed by atoms with Crippen molar-refractivity contribution in [3.63, 3.8) is 0 Å². The third-order valence-electron chi connectivity index (χ3n) is 6.64. The van der Waals surface area contributed by atoms with Gasteiger partial charge in [-0.25, -0.2) is 9.78 Å². The van der Waals surface area contributed by atoms with Crippen LogP contribution in [-0.2, 0) is 11.3 Å². The molecule has 5 rings (SSSR count). The van der Waals surface area contributed by atoms with Crippen LogP contribution in [0.15, 0.2) is 72.8 Å². The molecule has 6 nitrogen and oxygen atoms in total. The van der Waals surface area contributed by atoms with Crippen LogP contribution in [0.5, 0.6) is 5.75 Å². The highest BCUT2D eigenvalue weighted by atomic mass is 16.5. The topological polar surface area (TPSA) is 73.6 Å². The van der Waals surface area contributed by atoms with Gasteiger partial charge >= 0.3 is 5.97 Å². The molecule has 3 aromatic carbocycles. The molecule has 1 aliphatic carbocycles. The molecule has 1 N–H and O–H groups in total.